The Labute approximate surface area is 148 Å². The molecule has 0 radical (unpaired) electrons. The lowest BCUT2D eigenvalue weighted by Crippen LogP contribution is -2.50. The second-order valence-corrected chi connectivity index (χ2v) is 7.52. The fourth-order valence-electron chi connectivity index (χ4n) is 2.66. The maximum atomic E-state index is 12.9. The number of nitrogens with zero attached hydrogens (tertiary/aromatic N) is 2. The number of sulfonamides is 1. The van der Waals surface area contributed by atoms with Gasteiger partial charge in [-0.1, -0.05) is 6.92 Å². The molecule has 1 aromatic rings. The highest BCUT2D eigenvalue weighted by Crippen LogP contribution is 2.30. The van der Waals surface area contributed by atoms with Crippen molar-refractivity contribution >= 4 is 15.9 Å². The SMILES string of the molecule is CCN(CC(=O)N1CCNCC1)S(=O)(=O)c1ccc(OC)c(OC)c1. The van der Waals surface area contributed by atoms with Crippen molar-refractivity contribution in [2.45, 2.75) is 11.8 Å². The van der Waals surface area contributed by atoms with Crippen molar-refractivity contribution in [2.24, 2.45) is 0 Å². The van der Waals surface area contributed by atoms with Gasteiger partial charge in [-0.2, -0.15) is 4.31 Å². The number of carbonyl (C=O) groups is 1. The van der Waals surface area contributed by atoms with Crippen molar-refractivity contribution < 1.29 is 22.7 Å². The van der Waals surface area contributed by atoms with Crippen molar-refractivity contribution in [1.29, 1.82) is 0 Å². The minimum atomic E-state index is -3.81. The Morgan fingerprint density at radius 2 is 1.84 bits per heavy atom. The molecule has 1 amide bonds. The van der Waals surface area contributed by atoms with E-state index in [0.717, 1.165) is 13.1 Å². The first-order valence-electron chi connectivity index (χ1n) is 8.14. The first-order valence-corrected chi connectivity index (χ1v) is 9.58. The van der Waals surface area contributed by atoms with Gasteiger partial charge in [0.2, 0.25) is 15.9 Å². The number of ether oxygens (including phenoxy) is 2. The van der Waals surface area contributed by atoms with Gasteiger partial charge in [0.05, 0.1) is 25.7 Å². The van der Waals surface area contributed by atoms with Crippen LogP contribution in [0.4, 0.5) is 0 Å². The molecule has 0 saturated carbocycles. The first-order chi connectivity index (χ1) is 11.9. The lowest BCUT2D eigenvalue weighted by molar-refractivity contribution is -0.131. The molecule has 140 valence electrons. The van der Waals surface area contributed by atoms with Crippen molar-refractivity contribution in [1.82, 2.24) is 14.5 Å². The average molecular weight is 371 g/mol. The second kappa shape index (κ2) is 8.50. The number of hydrogen-bond donors (Lipinski definition) is 1. The third kappa shape index (κ3) is 4.42. The van der Waals surface area contributed by atoms with Gasteiger partial charge in [0.1, 0.15) is 0 Å². The zero-order valence-electron chi connectivity index (χ0n) is 14.8. The summed E-state index contributed by atoms with van der Waals surface area (Å²) >= 11 is 0. The number of nitrogens with one attached hydrogen (secondary N) is 1. The summed E-state index contributed by atoms with van der Waals surface area (Å²) in [7, 11) is -0.881. The van der Waals surface area contributed by atoms with Crippen molar-refractivity contribution in [3.05, 3.63) is 18.2 Å². The van der Waals surface area contributed by atoms with Gasteiger partial charge < -0.3 is 19.7 Å². The van der Waals surface area contributed by atoms with Crippen LogP contribution in [0.3, 0.4) is 0 Å². The van der Waals surface area contributed by atoms with Crippen LogP contribution >= 0.6 is 0 Å². The molecule has 1 aromatic carbocycles. The van der Waals surface area contributed by atoms with Gasteiger partial charge >= 0.3 is 0 Å². The fourth-order valence-corrected chi connectivity index (χ4v) is 4.07. The van der Waals surface area contributed by atoms with E-state index in [0.29, 0.717) is 24.6 Å². The molecule has 0 atom stereocenters. The predicted molar refractivity (Wildman–Crippen MR) is 93.4 cm³/mol. The first kappa shape index (κ1) is 19.5. The van der Waals surface area contributed by atoms with E-state index >= 15 is 0 Å². The van der Waals surface area contributed by atoms with E-state index in [-0.39, 0.29) is 23.9 Å². The lowest BCUT2D eigenvalue weighted by atomic mass is 10.3. The number of rotatable bonds is 7. The van der Waals surface area contributed by atoms with Gasteiger partial charge in [0.25, 0.3) is 0 Å². The molecule has 9 heteroatoms. The van der Waals surface area contributed by atoms with Crippen LogP contribution in [0.1, 0.15) is 6.92 Å². The molecular weight excluding hydrogens is 346 g/mol. The molecule has 0 spiro atoms. The van der Waals surface area contributed by atoms with E-state index in [2.05, 4.69) is 5.32 Å². The largest absolute Gasteiger partial charge is 0.493 e. The van der Waals surface area contributed by atoms with Crippen LogP contribution in [0.15, 0.2) is 23.1 Å². The number of carbonyl (C=O) groups excluding carboxylic acids is 1. The molecule has 1 N–H and O–H groups in total. The monoisotopic (exact) mass is 371 g/mol. The second-order valence-electron chi connectivity index (χ2n) is 5.58. The van der Waals surface area contributed by atoms with Crippen LogP contribution in [0.25, 0.3) is 0 Å². The summed E-state index contributed by atoms with van der Waals surface area (Å²) in [6.07, 6.45) is 0. The smallest absolute Gasteiger partial charge is 0.243 e. The molecule has 0 bridgehead atoms. The maximum Gasteiger partial charge on any atom is 0.243 e. The van der Waals surface area contributed by atoms with Gasteiger partial charge in [0.15, 0.2) is 11.5 Å². The molecule has 2 rings (SSSR count). The molecule has 1 saturated heterocycles. The minimum Gasteiger partial charge on any atom is -0.493 e. The van der Waals surface area contributed by atoms with E-state index in [1.165, 1.54) is 36.7 Å². The van der Waals surface area contributed by atoms with Crippen LogP contribution in [0.5, 0.6) is 11.5 Å². The van der Waals surface area contributed by atoms with Crippen molar-refractivity contribution in [2.75, 3.05) is 53.5 Å². The van der Waals surface area contributed by atoms with Crippen molar-refractivity contribution in [3.63, 3.8) is 0 Å². The Bertz CT molecular complexity index is 702. The summed E-state index contributed by atoms with van der Waals surface area (Å²) in [6, 6.07) is 4.40. The molecule has 8 nitrogen and oxygen atoms in total. The Morgan fingerprint density at radius 1 is 1.20 bits per heavy atom. The minimum absolute atomic E-state index is 0.0695. The van der Waals surface area contributed by atoms with E-state index in [9.17, 15) is 13.2 Å². The molecular formula is C16H25N3O5S. The number of methoxy groups -OCH3 is 2. The number of benzene rings is 1. The van der Waals surface area contributed by atoms with Crippen LogP contribution in [-0.2, 0) is 14.8 Å². The molecule has 1 aliphatic heterocycles. The average Bonchev–Trinajstić information content (AvgIpc) is 2.65. The topological polar surface area (TPSA) is 88.2 Å². The van der Waals surface area contributed by atoms with E-state index < -0.39 is 10.0 Å². The van der Waals surface area contributed by atoms with E-state index in [4.69, 9.17) is 9.47 Å². The molecule has 1 fully saturated rings. The van der Waals surface area contributed by atoms with Gasteiger partial charge in [0, 0.05) is 38.8 Å². The van der Waals surface area contributed by atoms with Crippen molar-refractivity contribution in [3.8, 4) is 11.5 Å². The Hall–Kier alpha value is -1.84. The van der Waals surface area contributed by atoms with E-state index in [1.807, 2.05) is 0 Å². The molecule has 1 heterocycles. The normalized spacial score (nSPS) is 15.3. The summed E-state index contributed by atoms with van der Waals surface area (Å²) in [5, 5.41) is 3.16. The zero-order valence-corrected chi connectivity index (χ0v) is 15.6. The molecule has 25 heavy (non-hydrogen) atoms. The highest BCUT2D eigenvalue weighted by Gasteiger charge is 2.28. The number of likely N-dealkylation sites (N-methyl/N-ethyl adjacent to an activating group) is 1. The number of piperazine rings is 1. The van der Waals surface area contributed by atoms with Gasteiger partial charge in [-0.15, -0.1) is 0 Å². The van der Waals surface area contributed by atoms with E-state index in [1.54, 1.807) is 11.8 Å². The molecule has 0 unspecified atom stereocenters. The molecule has 0 aromatic heterocycles. The van der Waals surface area contributed by atoms with Crippen LogP contribution in [0, 0.1) is 0 Å². The van der Waals surface area contributed by atoms with Gasteiger partial charge in [-0.25, -0.2) is 8.42 Å². The fraction of sp³-hybridized carbons (Fsp3) is 0.562. The number of amides is 1. The summed E-state index contributed by atoms with van der Waals surface area (Å²) in [5.41, 5.74) is 0. The lowest BCUT2D eigenvalue weighted by Gasteiger charge is -2.29. The third-order valence-corrected chi connectivity index (χ3v) is 6.04. The summed E-state index contributed by atoms with van der Waals surface area (Å²) in [5.74, 6) is 0.585. The highest BCUT2D eigenvalue weighted by atomic mass is 32.2. The molecule has 1 aliphatic rings. The predicted octanol–water partition coefficient (Wildman–Crippen LogP) is 0.146. The quantitative estimate of drug-likeness (QED) is 0.734. The highest BCUT2D eigenvalue weighted by molar-refractivity contribution is 7.89. The Balaban J connectivity index is 2.21. The summed E-state index contributed by atoms with van der Waals surface area (Å²) in [4.78, 5) is 14.2. The zero-order chi connectivity index (χ0) is 18.4. The Kier molecular flexibility index (Phi) is 6.63. The third-order valence-electron chi connectivity index (χ3n) is 4.13. The van der Waals surface area contributed by atoms with Gasteiger partial charge in [-0.05, 0) is 12.1 Å². The van der Waals surface area contributed by atoms with Crippen LogP contribution in [-0.4, -0.2) is 77.0 Å². The Morgan fingerprint density at radius 3 is 2.40 bits per heavy atom. The van der Waals surface area contributed by atoms with Crippen LogP contribution in [0.2, 0.25) is 0 Å². The molecule has 0 aliphatic carbocycles. The number of hydrogen-bond acceptors (Lipinski definition) is 6. The standard InChI is InChI=1S/C16H25N3O5S/c1-4-19(12-16(20)18-9-7-17-8-10-18)25(21,22)13-5-6-14(23-2)15(11-13)24-3/h5-6,11,17H,4,7-10,12H2,1-3H3. The van der Waals surface area contributed by atoms with Crippen LogP contribution < -0.4 is 14.8 Å². The summed E-state index contributed by atoms with van der Waals surface area (Å²) < 4.78 is 37.3. The summed E-state index contributed by atoms with van der Waals surface area (Å²) in [6.45, 7) is 4.37. The van der Waals surface area contributed by atoms with Gasteiger partial charge in [-0.3, -0.25) is 4.79 Å². The maximum absolute atomic E-state index is 12.9.